The predicted octanol–water partition coefficient (Wildman–Crippen LogP) is 1.79. The topological polar surface area (TPSA) is 40.5 Å². The van der Waals surface area contributed by atoms with Gasteiger partial charge in [-0.25, -0.2) is 0 Å². The summed E-state index contributed by atoms with van der Waals surface area (Å²) >= 11 is 7.32. The molecule has 1 unspecified atom stereocenters. The lowest BCUT2D eigenvalue weighted by atomic mass is 10.4. The molecule has 0 saturated heterocycles. The number of rotatable bonds is 4. The summed E-state index contributed by atoms with van der Waals surface area (Å²) in [6, 6.07) is 7.43. The Morgan fingerprint density at radius 2 is 2.08 bits per heavy atom. The Labute approximate surface area is 86.5 Å². The largest absolute Gasteiger partial charge is 0.394 e. The highest BCUT2D eigenvalue weighted by Gasteiger charge is 2.04. The van der Waals surface area contributed by atoms with Crippen LogP contribution >= 0.6 is 23.4 Å². The Hall–Kier alpha value is -0.220. The molecule has 2 N–H and O–H groups in total. The first-order valence-electron chi connectivity index (χ1n) is 3.90. The first-order chi connectivity index (χ1) is 6.24. The summed E-state index contributed by atoms with van der Waals surface area (Å²) in [6.45, 7) is -0.211. The van der Waals surface area contributed by atoms with Crippen LogP contribution in [0.3, 0.4) is 0 Å². The number of thioether (sulfide) groups is 1. The van der Waals surface area contributed by atoms with E-state index in [1.807, 2.05) is 18.2 Å². The maximum absolute atomic E-state index is 9.10. The first-order valence-corrected chi connectivity index (χ1v) is 5.26. The summed E-state index contributed by atoms with van der Waals surface area (Å²) in [6.07, 6.45) is -0.679. The van der Waals surface area contributed by atoms with Crippen LogP contribution in [0.1, 0.15) is 0 Å². The fourth-order valence-corrected chi connectivity index (χ4v) is 1.96. The van der Waals surface area contributed by atoms with E-state index < -0.39 is 6.10 Å². The number of aliphatic hydroxyl groups excluding tert-OH is 2. The smallest absolute Gasteiger partial charge is 0.0864 e. The zero-order valence-electron chi connectivity index (χ0n) is 6.98. The molecular formula is C9H11ClO2S. The average molecular weight is 219 g/mol. The van der Waals surface area contributed by atoms with Crippen molar-refractivity contribution in [1.29, 1.82) is 0 Å². The van der Waals surface area contributed by atoms with E-state index in [4.69, 9.17) is 21.8 Å². The molecule has 13 heavy (non-hydrogen) atoms. The van der Waals surface area contributed by atoms with Crippen molar-refractivity contribution in [2.24, 2.45) is 0 Å². The summed E-state index contributed by atoms with van der Waals surface area (Å²) in [7, 11) is 0. The van der Waals surface area contributed by atoms with E-state index in [1.54, 1.807) is 6.07 Å². The van der Waals surface area contributed by atoms with E-state index >= 15 is 0 Å². The summed E-state index contributed by atoms with van der Waals surface area (Å²) in [5.41, 5.74) is 0. The molecule has 1 aromatic carbocycles. The lowest BCUT2D eigenvalue weighted by Crippen LogP contribution is -2.14. The van der Waals surface area contributed by atoms with Gasteiger partial charge < -0.3 is 10.2 Å². The number of hydrogen-bond acceptors (Lipinski definition) is 3. The van der Waals surface area contributed by atoms with Crippen LogP contribution in [0.15, 0.2) is 29.2 Å². The molecular weight excluding hydrogens is 208 g/mol. The number of aliphatic hydroxyl groups is 2. The first kappa shape index (κ1) is 10.9. The number of hydrogen-bond donors (Lipinski definition) is 2. The lowest BCUT2D eigenvalue weighted by Gasteiger charge is -2.07. The van der Waals surface area contributed by atoms with Crippen molar-refractivity contribution in [3.05, 3.63) is 29.3 Å². The molecule has 0 aliphatic carbocycles. The number of benzene rings is 1. The van der Waals surface area contributed by atoms with Crippen LogP contribution in [0.5, 0.6) is 0 Å². The average Bonchev–Trinajstić information content (AvgIpc) is 2.16. The Bertz CT molecular complexity index is 268. The van der Waals surface area contributed by atoms with Gasteiger partial charge in [0.15, 0.2) is 0 Å². The normalized spacial score (nSPS) is 12.8. The molecule has 0 bridgehead atoms. The summed E-state index contributed by atoms with van der Waals surface area (Å²) in [5, 5.41) is 18.4. The van der Waals surface area contributed by atoms with E-state index in [1.165, 1.54) is 11.8 Å². The van der Waals surface area contributed by atoms with Crippen LogP contribution in [0.4, 0.5) is 0 Å². The highest BCUT2D eigenvalue weighted by Crippen LogP contribution is 2.26. The van der Waals surface area contributed by atoms with Gasteiger partial charge in [0, 0.05) is 10.6 Å². The molecule has 1 atom stereocenters. The molecule has 0 radical (unpaired) electrons. The predicted molar refractivity (Wildman–Crippen MR) is 55.3 cm³/mol. The summed E-state index contributed by atoms with van der Waals surface area (Å²) < 4.78 is 0. The minimum atomic E-state index is -0.679. The van der Waals surface area contributed by atoms with Crippen LogP contribution in [0, 0.1) is 0 Å². The molecule has 0 saturated carbocycles. The van der Waals surface area contributed by atoms with Gasteiger partial charge in [0.2, 0.25) is 0 Å². The highest BCUT2D eigenvalue weighted by molar-refractivity contribution is 7.99. The number of halogens is 1. The molecule has 0 spiro atoms. The Morgan fingerprint density at radius 1 is 1.38 bits per heavy atom. The molecule has 0 amide bonds. The van der Waals surface area contributed by atoms with Crippen LogP contribution < -0.4 is 0 Å². The van der Waals surface area contributed by atoms with Gasteiger partial charge in [-0.3, -0.25) is 0 Å². The van der Waals surface area contributed by atoms with Gasteiger partial charge in [-0.15, -0.1) is 11.8 Å². The highest BCUT2D eigenvalue weighted by atomic mass is 35.5. The van der Waals surface area contributed by atoms with Gasteiger partial charge in [-0.1, -0.05) is 23.7 Å². The fourth-order valence-electron chi connectivity index (χ4n) is 0.800. The fraction of sp³-hybridized carbons (Fsp3) is 0.333. The monoisotopic (exact) mass is 218 g/mol. The Balaban J connectivity index is 2.50. The van der Waals surface area contributed by atoms with Gasteiger partial charge in [0.25, 0.3) is 0 Å². The van der Waals surface area contributed by atoms with Crippen LogP contribution in [0.25, 0.3) is 0 Å². The van der Waals surface area contributed by atoms with Gasteiger partial charge in [0.05, 0.1) is 17.7 Å². The third-order valence-electron chi connectivity index (χ3n) is 1.48. The molecule has 0 heterocycles. The molecule has 72 valence electrons. The lowest BCUT2D eigenvalue weighted by molar-refractivity contribution is 0.113. The Morgan fingerprint density at radius 3 is 2.69 bits per heavy atom. The van der Waals surface area contributed by atoms with Gasteiger partial charge in [-0.05, 0) is 12.1 Å². The second-order valence-electron chi connectivity index (χ2n) is 2.58. The third kappa shape index (κ3) is 3.56. The van der Waals surface area contributed by atoms with Crippen LogP contribution in [0.2, 0.25) is 5.02 Å². The van der Waals surface area contributed by atoms with Gasteiger partial charge in [-0.2, -0.15) is 0 Å². The Kier molecular flexibility index (Phi) is 4.59. The zero-order valence-corrected chi connectivity index (χ0v) is 8.55. The van der Waals surface area contributed by atoms with E-state index in [0.717, 1.165) is 4.90 Å². The quantitative estimate of drug-likeness (QED) is 0.757. The SMILES string of the molecule is OCC(O)CSc1ccccc1Cl. The molecule has 2 nitrogen and oxygen atoms in total. The van der Waals surface area contributed by atoms with E-state index in [0.29, 0.717) is 10.8 Å². The molecule has 1 rings (SSSR count). The van der Waals surface area contributed by atoms with Crippen molar-refractivity contribution < 1.29 is 10.2 Å². The standard InChI is InChI=1S/C9H11ClO2S/c10-8-3-1-2-4-9(8)13-6-7(12)5-11/h1-4,7,11-12H,5-6H2. The minimum absolute atomic E-state index is 0.211. The van der Waals surface area contributed by atoms with Crippen molar-refractivity contribution in [2.45, 2.75) is 11.0 Å². The van der Waals surface area contributed by atoms with E-state index in [-0.39, 0.29) is 6.61 Å². The molecule has 1 aromatic rings. The van der Waals surface area contributed by atoms with Crippen molar-refractivity contribution in [1.82, 2.24) is 0 Å². The minimum Gasteiger partial charge on any atom is -0.394 e. The van der Waals surface area contributed by atoms with Crippen molar-refractivity contribution in [3.63, 3.8) is 0 Å². The van der Waals surface area contributed by atoms with Crippen LogP contribution in [-0.2, 0) is 0 Å². The van der Waals surface area contributed by atoms with Crippen molar-refractivity contribution in [3.8, 4) is 0 Å². The summed E-state index contributed by atoms with van der Waals surface area (Å²) in [4.78, 5) is 0.927. The second-order valence-corrected chi connectivity index (χ2v) is 4.05. The van der Waals surface area contributed by atoms with Gasteiger partial charge >= 0.3 is 0 Å². The van der Waals surface area contributed by atoms with Crippen molar-refractivity contribution in [2.75, 3.05) is 12.4 Å². The second kappa shape index (κ2) is 5.50. The molecule has 4 heteroatoms. The third-order valence-corrected chi connectivity index (χ3v) is 3.14. The molecule has 0 aliphatic rings. The molecule has 0 aromatic heterocycles. The van der Waals surface area contributed by atoms with E-state index in [9.17, 15) is 0 Å². The molecule has 0 aliphatic heterocycles. The van der Waals surface area contributed by atoms with E-state index in [2.05, 4.69) is 0 Å². The van der Waals surface area contributed by atoms with Crippen LogP contribution in [-0.4, -0.2) is 28.7 Å². The zero-order chi connectivity index (χ0) is 9.68. The molecule has 0 fully saturated rings. The van der Waals surface area contributed by atoms with Gasteiger partial charge in [0.1, 0.15) is 0 Å². The maximum Gasteiger partial charge on any atom is 0.0864 e. The summed E-state index contributed by atoms with van der Waals surface area (Å²) in [5.74, 6) is 0.459. The van der Waals surface area contributed by atoms with Crippen molar-refractivity contribution >= 4 is 23.4 Å². The maximum atomic E-state index is 9.10.